The average molecular weight is 345 g/mol. The van der Waals surface area contributed by atoms with Crippen molar-refractivity contribution in [3.8, 4) is 0 Å². The standard InChI is InChI=1S/C19H23NO3S/c1-3-18(16-10-12-17(13-11-16)24(2,22)23)20-19(21)14-9-15-7-5-4-6-8-15/h4-8,10-13,18H,3,9,14H2,1-2H3,(H,20,21)/t18-/m1/s1. The van der Waals surface area contributed by atoms with Gasteiger partial charge in [0.05, 0.1) is 10.9 Å². The highest BCUT2D eigenvalue weighted by Crippen LogP contribution is 2.19. The minimum absolute atomic E-state index is 0.00195. The molecule has 4 nitrogen and oxygen atoms in total. The molecule has 0 aliphatic heterocycles. The fraction of sp³-hybridized carbons (Fsp3) is 0.316. The molecular formula is C19H23NO3S. The lowest BCUT2D eigenvalue weighted by Gasteiger charge is -2.18. The topological polar surface area (TPSA) is 63.2 Å². The smallest absolute Gasteiger partial charge is 0.220 e. The minimum atomic E-state index is -3.20. The van der Waals surface area contributed by atoms with E-state index in [4.69, 9.17) is 0 Å². The van der Waals surface area contributed by atoms with Crippen LogP contribution in [0.3, 0.4) is 0 Å². The van der Waals surface area contributed by atoms with Crippen LogP contribution in [-0.4, -0.2) is 20.6 Å². The second-order valence-electron chi connectivity index (χ2n) is 5.86. The van der Waals surface area contributed by atoms with E-state index in [1.807, 2.05) is 37.3 Å². The maximum Gasteiger partial charge on any atom is 0.220 e. The average Bonchev–Trinajstić information content (AvgIpc) is 2.58. The number of carbonyl (C=O) groups is 1. The van der Waals surface area contributed by atoms with Crippen molar-refractivity contribution in [3.05, 3.63) is 65.7 Å². The van der Waals surface area contributed by atoms with Gasteiger partial charge in [-0.3, -0.25) is 4.79 Å². The number of sulfone groups is 1. The second kappa shape index (κ2) is 8.11. The zero-order valence-corrected chi connectivity index (χ0v) is 14.8. The minimum Gasteiger partial charge on any atom is -0.349 e. The number of rotatable bonds is 7. The van der Waals surface area contributed by atoms with E-state index >= 15 is 0 Å². The van der Waals surface area contributed by atoms with Crippen LogP contribution < -0.4 is 5.32 Å². The Hall–Kier alpha value is -2.14. The molecule has 0 fully saturated rings. The number of carbonyl (C=O) groups excluding carboxylic acids is 1. The van der Waals surface area contributed by atoms with Crippen molar-refractivity contribution in [1.82, 2.24) is 5.32 Å². The Morgan fingerprint density at radius 1 is 1.04 bits per heavy atom. The van der Waals surface area contributed by atoms with Crippen LogP contribution in [0, 0.1) is 0 Å². The van der Waals surface area contributed by atoms with Crippen LogP contribution in [-0.2, 0) is 21.1 Å². The van der Waals surface area contributed by atoms with E-state index in [-0.39, 0.29) is 16.8 Å². The number of hydrogen-bond donors (Lipinski definition) is 1. The van der Waals surface area contributed by atoms with E-state index in [0.29, 0.717) is 12.8 Å². The molecule has 1 amide bonds. The fourth-order valence-corrected chi connectivity index (χ4v) is 3.17. The van der Waals surface area contributed by atoms with Gasteiger partial charge in [0, 0.05) is 12.7 Å². The van der Waals surface area contributed by atoms with E-state index in [1.165, 1.54) is 6.26 Å². The Morgan fingerprint density at radius 3 is 2.21 bits per heavy atom. The third kappa shape index (κ3) is 5.20. The molecule has 24 heavy (non-hydrogen) atoms. The van der Waals surface area contributed by atoms with Crippen molar-refractivity contribution in [2.75, 3.05) is 6.26 Å². The van der Waals surface area contributed by atoms with Gasteiger partial charge in [0.15, 0.2) is 9.84 Å². The first-order valence-electron chi connectivity index (χ1n) is 8.03. The zero-order valence-electron chi connectivity index (χ0n) is 14.0. The summed E-state index contributed by atoms with van der Waals surface area (Å²) in [6.45, 7) is 1.99. The van der Waals surface area contributed by atoms with Crippen molar-refractivity contribution in [3.63, 3.8) is 0 Å². The quantitative estimate of drug-likeness (QED) is 0.837. The first-order valence-corrected chi connectivity index (χ1v) is 9.92. The van der Waals surface area contributed by atoms with Gasteiger partial charge in [0.25, 0.3) is 0 Å². The summed E-state index contributed by atoms with van der Waals surface area (Å²) < 4.78 is 23.0. The molecule has 0 heterocycles. The summed E-state index contributed by atoms with van der Waals surface area (Å²) >= 11 is 0. The number of amides is 1. The second-order valence-corrected chi connectivity index (χ2v) is 7.87. The van der Waals surface area contributed by atoms with Gasteiger partial charge >= 0.3 is 0 Å². The van der Waals surface area contributed by atoms with E-state index in [0.717, 1.165) is 17.5 Å². The van der Waals surface area contributed by atoms with Crippen molar-refractivity contribution in [2.24, 2.45) is 0 Å². The van der Waals surface area contributed by atoms with Crippen molar-refractivity contribution < 1.29 is 13.2 Å². The molecule has 2 aromatic carbocycles. The number of hydrogen-bond acceptors (Lipinski definition) is 3. The first-order chi connectivity index (χ1) is 11.4. The Bertz CT molecular complexity index is 768. The van der Waals surface area contributed by atoms with Crippen LogP contribution in [0.15, 0.2) is 59.5 Å². The third-order valence-electron chi connectivity index (χ3n) is 3.94. The molecule has 0 saturated carbocycles. The fourth-order valence-electron chi connectivity index (χ4n) is 2.54. The number of aryl methyl sites for hydroxylation is 1. The van der Waals surface area contributed by atoms with Gasteiger partial charge in [-0.2, -0.15) is 0 Å². The molecule has 0 aromatic heterocycles. The van der Waals surface area contributed by atoms with Crippen molar-refractivity contribution in [1.29, 1.82) is 0 Å². The monoisotopic (exact) mass is 345 g/mol. The Kier molecular flexibility index (Phi) is 6.15. The molecule has 0 unspecified atom stereocenters. The van der Waals surface area contributed by atoms with Gasteiger partial charge in [0.2, 0.25) is 5.91 Å². The molecule has 0 aliphatic rings. The van der Waals surface area contributed by atoms with E-state index in [1.54, 1.807) is 24.3 Å². The number of benzene rings is 2. The molecule has 0 radical (unpaired) electrons. The normalized spacial score (nSPS) is 12.6. The van der Waals surface area contributed by atoms with Gasteiger partial charge < -0.3 is 5.32 Å². The summed E-state index contributed by atoms with van der Waals surface area (Å²) in [7, 11) is -3.20. The molecular weight excluding hydrogens is 322 g/mol. The molecule has 0 bridgehead atoms. The van der Waals surface area contributed by atoms with Gasteiger partial charge in [-0.15, -0.1) is 0 Å². The largest absolute Gasteiger partial charge is 0.349 e. The van der Waals surface area contributed by atoms with Gasteiger partial charge in [-0.05, 0) is 36.1 Å². The van der Waals surface area contributed by atoms with Crippen LogP contribution in [0.25, 0.3) is 0 Å². The summed E-state index contributed by atoms with van der Waals surface area (Å²) in [4.78, 5) is 12.5. The summed E-state index contributed by atoms with van der Waals surface area (Å²) in [6.07, 6.45) is 3.07. The molecule has 0 spiro atoms. The summed E-state index contributed by atoms with van der Waals surface area (Å²) in [5.41, 5.74) is 2.05. The maximum atomic E-state index is 12.2. The molecule has 5 heteroatoms. The molecule has 1 atom stereocenters. The SMILES string of the molecule is CC[C@@H](NC(=O)CCc1ccccc1)c1ccc(S(C)(=O)=O)cc1. The molecule has 128 valence electrons. The maximum absolute atomic E-state index is 12.2. The Labute approximate surface area is 143 Å². The number of nitrogens with one attached hydrogen (secondary N) is 1. The highest BCUT2D eigenvalue weighted by Gasteiger charge is 2.14. The third-order valence-corrected chi connectivity index (χ3v) is 5.07. The highest BCUT2D eigenvalue weighted by molar-refractivity contribution is 7.90. The van der Waals surface area contributed by atoms with Crippen molar-refractivity contribution >= 4 is 15.7 Å². The van der Waals surface area contributed by atoms with E-state index in [9.17, 15) is 13.2 Å². The first kappa shape index (κ1) is 18.2. The molecule has 0 saturated heterocycles. The van der Waals surface area contributed by atoms with E-state index in [2.05, 4.69) is 5.32 Å². The predicted octanol–water partition coefficient (Wildman–Crippen LogP) is 3.29. The highest BCUT2D eigenvalue weighted by atomic mass is 32.2. The Balaban J connectivity index is 1.97. The van der Waals surface area contributed by atoms with Crippen LogP contribution in [0.5, 0.6) is 0 Å². The Morgan fingerprint density at radius 2 is 1.67 bits per heavy atom. The van der Waals surface area contributed by atoms with Crippen LogP contribution in [0.4, 0.5) is 0 Å². The zero-order chi connectivity index (χ0) is 17.6. The van der Waals surface area contributed by atoms with Gasteiger partial charge in [-0.25, -0.2) is 8.42 Å². The van der Waals surface area contributed by atoms with Crippen LogP contribution in [0.2, 0.25) is 0 Å². The van der Waals surface area contributed by atoms with E-state index < -0.39 is 9.84 Å². The lowest BCUT2D eigenvalue weighted by Crippen LogP contribution is -2.28. The van der Waals surface area contributed by atoms with Gasteiger partial charge in [-0.1, -0.05) is 49.4 Å². The summed E-state index contributed by atoms with van der Waals surface area (Å²) in [5, 5.41) is 3.02. The molecule has 0 aliphatic carbocycles. The molecule has 2 rings (SSSR count). The lowest BCUT2D eigenvalue weighted by atomic mass is 10.0. The van der Waals surface area contributed by atoms with Crippen LogP contribution in [0.1, 0.15) is 36.9 Å². The lowest BCUT2D eigenvalue weighted by molar-refractivity contribution is -0.121. The van der Waals surface area contributed by atoms with Gasteiger partial charge in [0.1, 0.15) is 0 Å². The molecule has 1 N–H and O–H groups in total. The summed E-state index contributed by atoms with van der Waals surface area (Å²) in [6, 6.07) is 16.5. The van der Waals surface area contributed by atoms with Crippen molar-refractivity contribution in [2.45, 2.75) is 37.1 Å². The predicted molar refractivity (Wildman–Crippen MR) is 95.5 cm³/mol. The van der Waals surface area contributed by atoms with Crippen LogP contribution >= 0.6 is 0 Å². The molecule has 2 aromatic rings. The summed E-state index contributed by atoms with van der Waals surface area (Å²) in [5.74, 6) is -0.00195.